The van der Waals surface area contributed by atoms with Crippen molar-refractivity contribution in [1.82, 2.24) is 0 Å². The van der Waals surface area contributed by atoms with E-state index in [0.717, 1.165) is 15.7 Å². The molecule has 22 heavy (non-hydrogen) atoms. The van der Waals surface area contributed by atoms with Crippen LogP contribution in [0.1, 0.15) is 12.0 Å². The molecule has 0 bridgehead atoms. The summed E-state index contributed by atoms with van der Waals surface area (Å²) in [4.78, 5) is 23.2. The van der Waals surface area contributed by atoms with E-state index in [1.165, 1.54) is 0 Å². The minimum atomic E-state index is -0.563. The van der Waals surface area contributed by atoms with Gasteiger partial charge in [0.05, 0.1) is 5.69 Å². The van der Waals surface area contributed by atoms with Gasteiger partial charge in [0.1, 0.15) is 5.75 Å². The number of benzene rings is 2. The van der Waals surface area contributed by atoms with Gasteiger partial charge in [0.15, 0.2) is 0 Å². The van der Waals surface area contributed by atoms with Crippen LogP contribution in [0.3, 0.4) is 0 Å². The van der Waals surface area contributed by atoms with Gasteiger partial charge in [-0.1, -0.05) is 12.1 Å². The van der Waals surface area contributed by atoms with Crippen molar-refractivity contribution >= 4 is 39.3 Å². The molecule has 0 saturated heterocycles. The number of nitrogens with one attached hydrogen (secondary N) is 2. The van der Waals surface area contributed by atoms with Gasteiger partial charge in [-0.25, -0.2) is 4.79 Å². The quantitative estimate of drug-likeness (QED) is 0.851. The number of amides is 2. The Morgan fingerprint density at radius 2 is 2.00 bits per heavy atom. The van der Waals surface area contributed by atoms with Crippen molar-refractivity contribution in [2.24, 2.45) is 0 Å². The molecule has 1 heterocycles. The van der Waals surface area contributed by atoms with Crippen LogP contribution in [0.15, 0.2) is 46.9 Å². The highest BCUT2D eigenvalue weighted by atomic mass is 79.9. The lowest BCUT2D eigenvalue weighted by Crippen LogP contribution is -2.20. The summed E-state index contributed by atoms with van der Waals surface area (Å²) in [5.74, 6) is 0.451. The smallest absolute Gasteiger partial charge is 0.410 e. The van der Waals surface area contributed by atoms with Gasteiger partial charge >= 0.3 is 6.09 Å². The van der Waals surface area contributed by atoms with Gasteiger partial charge in [0.25, 0.3) is 0 Å². The molecule has 2 aromatic carbocycles. The summed E-state index contributed by atoms with van der Waals surface area (Å²) >= 11 is 3.35. The molecule has 2 N–H and O–H groups in total. The maximum Gasteiger partial charge on any atom is 0.417 e. The number of hydrogen-bond acceptors (Lipinski definition) is 3. The molecule has 0 unspecified atom stereocenters. The predicted octanol–water partition coefficient (Wildman–Crippen LogP) is 3.94. The first-order valence-corrected chi connectivity index (χ1v) is 7.57. The van der Waals surface area contributed by atoms with Gasteiger partial charge in [-0.3, -0.25) is 10.1 Å². The van der Waals surface area contributed by atoms with Crippen molar-refractivity contribution in [2.75, 3.05) is 10.6 Å². The summed E-state index contributed by atoms with van der Waals surface area (Å²) in [6.07, 6.45) is 0.524. The lowest BCUT2D eigenvalue weighted by Gasteiger charge is -2.17. The SMILES string of the molecule is O=C1CCc2cc(OC(=O)Nc3ccccc3Br)ccc2N1. The highest BCUT2D eigenvalue weighted by Gasteiger charge is 2.16. The number of fused-ring (bicyclic) bond motifs is 1. The highest BCUT2D eigenvalue weighted by Crippen LogP contribution is 2.27. The first-order valence-electron chi connectivity index (χ1n) is 6.78. The third-order valence-electron chi connectivity index (χ3n) is 3.29. The van der Waals surface area contributed by atoms with Crippen molar-refractivity contribution in [3.05, 3.63) is 52.5 Å². The van der Waals surface area contributed by atoms with Gasteiger partial charge in [-0.05, 0) is 58.2 Å². The summed E-state index contributed by atoms with van der Waals surface area (Å²) < 4.78 is 6.06. The summed E-state index contributed by atoms with van der Waals surface area (Å²) in [7, 11) is 0. The molecule has 2 amide bonds. The number of aryl methyl sites for hydroxylation is 1. The summed E-state index contributed by atoms with van der Waals surface area (Å²) in [5.41, 5.74) is 2.37. The minimum absolute atomic E-state index is 0.00726. The Morgan fingerprint density at radius 3 is 2.82 bits per heavy atom. The van der Waals surface area contributed by atoms with E-state index >= 15 is 0 Å². The average Bonchev–Trinajstić information content (AvgIpc) is 2.50. The normalized spacial score (nSPS) is 13.0. The van der Waals surface area contributed by atoms with Crippen LogP contribution in [-0.2, 0) is 11.2 Å². The van der Waals surface area contributed by atoms with Crippen molar-refractivity contribution in [3.63, 3.8) is 0 Å². The van der Waals surface area contributed by atoms with Crippen LogP contribution < -0.4 is 15.4 Å². The molecule has 0 aromatic heterocycles. The maximum atomic E-state index is 11.9. The number of carbonyl (C=O) groups is 2. The zero-order chi connectivity index (χ0) is 15.5. The molecule has 0 atom stereocenters. The molecule has 0 radical (unpaired) electrons. The molecule has 2 aromatic rings. The van der Waals surface area contributed by atoms with Gasteiger partial charge in [-0.2, -0.15) is 0 Å². The molecule has 3 rings (SSSR count). The van der Waals surface area contributed by atoms with Crippen LogP contribution in [0, 0.1) is 0 Å². The first-order chi connectivity index (χ1) is 10.6. The fourth-order valence-corrected chi connectivity index (χ4v) is 2.61. The van der Waals surface area contributed by atoms with E-state index in [0.29, 0.717) is 24.3 Å². The van der Waals surface area contributed by atoms with Crippen LogP contribution in [0.2, 0.25) is 0 Å². The molecule has 1 aliphatic heterocycles. The Kier molecular flexibility index (Phi) is 4.11. The molecule has 5 nitrogen and oxygen atoms in total. The van der Waals surface area contributed by atoms with Crippen molar-refractivity contribution in [1.29, 1.82) is 0 Å². The van der Waals surface area contributed by atoms with E-state index in [4.69, 9.17) is 4.74 Å². The van der Waals surface area contributed by atoms with Crippen LogP contribution in [0.4, 0.5) is 16.2 Å². The third-order valence-corrected chi connectivity index (χ3v) is 3.98. The minimum Gasteiger partial charge on any atom is -0.410 e. The van der Waals surface area contributed by atoms with Crippen LogP contribution in [-0.4, -0.2) is 12.0 Å². The number of carbonyl (C=O) groups excluding carboxylic acids is 2. The topological polar surface area (TPSA) is 67.4 Å². The summed E-state index contributed by atoms with van der Waals surface area (Å²) in [5, 5.41) is 5.45. The van der Waals surface area contributed by atoms with E-state index < -0.39 is 6.09 Å². The van der Waals surface area contributed by atoms with E-state index in [1.807, 2.05) is 18.2 Å². The predicted molar refractivity (Wildman–Crippen MR) is 87.2 cm³/mol. The molecular weight excluding hydrogens is 348 g/mol. The van der Waals surface area contributed by atoms with Gasteiger partial charge in [-0.15, -0.1) is 0 Å². The highest BCUT2D eigenvalue weighted by molar-refractivity contribution is 9.10. The zero-order valence-corrected chi connectivity index (χ0v) is 13.1. The Morgan fingerprint density at radius 1 is 1.18 bits per heavy atom. The second kappa shape index (κ2) is 6.19. The van der Waals surface area contributed by atoms with E-state index in [1.54, 1.807) is 24.3 Å². The van der Waals surface area contributed by atoms with Crippen molar-refractivity contribution in [3.8, 4) is 5.75 Å². The second-order valence-corrected chi connectivity index (χ2v) is 5.72. The Hall–Kier alpha value is -2.34. The van der Waals surface area contributed by atoms with E-state index in [-0.39, 0.29) is 5.91 Å². The summed E-state index contributed by atoms with van der Waals surface area (Å²) in [6, 6.07) is 12.5. The van der Waals surface area contributed by atoms with Gasteiger partial charge in [0.2, 0.25) is 5.91 Å². The van der Waals surface area contributed by atoms with Crippen molar-refractivity contribution < 1.29 is 14.3 Å². The first kappa shape index (κ1) is 14.6. The van der Waals surface area contributed by atoms with E-state index in [2.05, 4.69) is 26.6 Å². The van der Waals surface area contributed by atoms with Gasteiger partial charge in [0, 0.05) is 16.6 Å². The number of halogens is 1. The molecule has 0 aliphatic carbocycles. The second-order valence-electron chi connectivity index (χ2n) is 4.86. The van der Waals surface area contributed by atoms with Crippen molar-refractivity contribution in [2.45, 2.75) is 12.8 Å². The number of hydrogen-bond donors (Lipinski definition) is 2. The number of ether oxygens (including phenoxy) is 1. The van der Waals surface area contributed by atoms with E-state index in [9.17, 15) is 9.59 Å². The molecular formula is C16H13BrN2O3. The fourth-order valence-electron chi connectivity index (χ4n) is 2.23. The monoisotopic (exact) mass is 360 g/mol. The molecule has 0 spiro atoms. The Balaban J connectivity index is 1.70. The molecule has 112 valence electrons. The number of anilines is 2. The Labute approximate surface area is 135 Å². The molecule has 0 fully saturated rings. The summed E-state index contributed by atoms with van der Waals surface area (Å²) in [6.45, 7) is 0. The molecule has 1 aliphatic rings. The van der Waals surface area contributed by atoms with Gasteiger partial charge < -0.3 is 10.1 Å². The molecule has 6 heteroatoms. The van der Waals surface area contributed by atoms with Crippen LogP contribution in [0.5, 0.6) is 5.75 Å². The maximum absolute atomic E-state index is 11.9. The molecule has 0 saturated carbocycles. The Bertz CT molecular complexity index is 746. The standard InChI is InChI=1S/C16H13BrN2O3/c17-12-3-1-2-4-14(12)19-16(21)22-11-6-7-13-10(9-11)5-8-15(20)18-13/h1-4,6-7,9H,5,8H2,(H,18,20)(H,19,21). The van der Waals surface area contributed by atoms with Crippen LogP contribution in [0.25, 0.3) is 0 Å². The fraction of sp³-hybridized carbons (Fsp3) is 0.125. The third kappa shape index (κ3) is 3.28. The number of rotatable bonds is 2. The largest absolute Gasteiger partial charge is 0.417 e. The zero-order valence-electron chi connectivity index (χ0n) is 11.6. The lowest BCUT2D eigenvalue weighted by atomic mass is 10.0. The van der Waals surface area contributed by atoms with Crippen LogP contribution >= 0.6 is 15.9 Å². The average molecular weight is 361 g/mol. The lowest BCUT2D eigenvalue weighted by molar-refractivity contribution is -0.116. The number of para-hydroxylation sites is 1.